The first-order valence-corrected chi connectivity index (χ1v) is 10.1. The van der Waals surface area contributed by atoms with E-state index < -0.39 is 6.10 Å². The Morgan fingerprint density at radius 1 is 1.04 bits per heavy atom. The average Bonchev–Trinajstić information content (AvgIpc) is 3.23. The van der Waals surface area contributed by atoms with Crippen LogP contribution in [0.15, 0.2) is 30.3 Å². The zero-order valence-corrected chi connectivity index (χ0v) is 16.0. The molecule has 2 amide bonds. The molecule has 3 fully saturated rings. The Balaban J connectivity index is 1.64. The van der Waals surface area contributed by atoms with Crippen molar-refractivity contribution >= 4 is 11.8 Å². The van der Waals surface area contributed by atoms with Crippen molar-refractivity contribution in [1.82, 2.24) is 14.7 Å². The molecule has 0 N–H and O–H groups in total. The van der Waals surface area contributed by atoms with Crippen LogP contribution in [-0.2, 0) is 14.3 Å². The SMILES string of the molecule is CN1CCN(C(=O)[C@@H]2OCC(=O)N(C3CCCC3)[C@H]2c2ccccc2)CC1. The van der Waals surface area contributed by atoms with Crippen molar-refractivity contribution in [2.75, 3.05) is 39.8 Å². The molecule has 6 nitrogen and oxygen atoms in total. The fraction of sp³-hybridized carbons (Fsp3) is 0.619. The molecular weight excluding hydrogens is 342 g/mol. The molecule has 3 aliphatic rings. The van der Waals surface area contributed by atoms with Crippen molar-refractivity contribution in [2.24, 2.45) is 0 Å². The lowest BCUT2D eigenvalue weighted by atomic mass is 9.94. The van der Waals surface area contributed by atoms with Gasteiger partial charge in [0.1, 0.15) is 6.61 Å². The van der Waals surface area contributed by atoms with E-state index in [0.29, 0.717) is 13.1 Å². The summed E-state index contributed by atoms with van der Waals surface area (Å²) in [4.78, 5) is 32.3. The van der Waals surface area contributed by atoms with Gasteiger partial charge in [-0.3, -0.25) is 9.59 Å². The molecule has 0 spiro atoms. The number of hydrogen-bond acceptors (Lipinski definition) is 4. The number of ether oxygens (including phenoxy) is 1. The third-order valence-corrected chi connectivity index (χ3v) is 6.18. The quantitative estimate of drug-likeness (QED) is 0.811. The molecule has 2 saturated heterocycles. The predicted octanol–water partition coefficient (Wildman–Crippen LogP) is 1.67. The second-order valence-corrected chi connectivity index (χ2v) is 7.95. The van der Waals surface area contributed by atoms with Gasteiger partial charge in [0.05, 0.1) is 6.04 Å². The second kappa shape index (κ2) is 7.98. The number of rotatable bonds is 3. The predicted molar refractivity (Wildman–Crippen MR) is 102 cm³/mol. The van der Waals surface area contributed by atoms with Crippen molar-refractivity contribution in [2.45, 2.75) is 43.9 Å². The highest BCUT2D eigenvalue weighted by Crippen LogP contribution is 2.37. The topological polar surface area (TPSA) is 53.1 Å². The van der Waals surface area contributed by atoms with Crippen LogP contribution in [0.4, 0.5) is 0 Å². The van der Waals surface area contributed by atoms with Gasteiger partial charge in [-0.05, 0) is 25.5 Å². The van der Waals surface area contributed by atoms with E-state index >= 15 is 0 Å². The highest BCUT2D eigenvalue weighted by molar-refractivity contribution is 5.86. The summed E-state index contributed by atoms with van der Waals surface area (Å²) >= 11 is 0. The number of likely N-dealkylation sites (N-methyl/N-ethyl adjacent to an activating group) is 1. The van der Waals surface area contributed by atoms with Gasteiger partial charge in [-0.25, -0.2) is 0 Å². The van der Waals surface area contributed by atoms with Crippen LogP contribution in [0.25, 0.3) is 0 Å². The van der Waals surface area contributed by atoms with Crippen LogP contribution in [0.3, 0.4) is 0 Å². The lowest BCUT2D eigenvalue weighted by molar-refractivity contribution is -0.173. The van der Waals surface area contributed by atoms with Gasteiger partial charge in [0.25, 0.3) is 5.91 Å². The Morgan fingerprint density at radius 2 is 1.70 bits per heavy atom. The van der Waals surface area contributed by atoms with Crippen LogP contribution in [0.1, 0.15) is 37.3 Å². The van der Waals surface area contributed by atoms with E-state index in [-0.39, 0.29) is 30.5 Å². The molecule has 0 unspecified atom stereocenters. The van der Waals surface area contributed by atoms with Crippen molar-refractivity contribution in [3.63, 3.8) is 0 Å². The van der Waals surface area contributed by atoms with Gasteiger partial charge in [-0.1, -0.05) is 43.2 Å². The molecule has 0 aromatic heterocycles. The highest BCUT2D eigenvalue weighted by Gasteiger charge is 2.46. The number of morpholine rings is 1. The minimum absolute atomic E-state index is 0.00395. The van der Waals surface area contributed by atoms with Gasteiger partial charge in [-0.2, -0.15) is 0 Å². The molecule has 146 valence electrons. The lowest BCUT2D eigenvalue weighted by Crippen LogP contribution is -2.59. The summed E-state index contributed by atoms with van der Waals surface area (Å²) in [5.41, 5.74) is 0.991. The number of benzene rings is 1. The van der Waals surface area contributed by atoms with Gasteiger partial charge in [-0.15, -0.1) is 0 Å². The standard InChI is InChI=1S/C21H29N3O3/c1-22-11-13-23(14-12-22)21(26)20-19(16-7-3-2-4-8-16)24(18(25)15-27-20)17-9-5-6-10-17/h2-4,7-8,17,19-20H,5-6,9-15H2,1H3/t19-,20+/m0/s1. The van der Waals surface area contributed by atoms with Crippen molar-refractivity contribution in [3.05, 3.63) is 35.9 Å². The number of nitrogens with zero attached hydrogens (tertiary/aromatic N) is 3. The minimum atomic E-state index is -0.617. The van der Waals surface area contributed by atoms with Gasteiger partial charge >= 0.3 is 0 Å². The summed E-state index contributed by atoms with van der Waals surface area (Å²) in [6, 6.07) is 9.82. The third-order valence-electron chi connectivity index (χ3n) is 6.18. The molecule has 2 atom stereocenters. The molecule has 1 aromatic rings. The van der Waals surface area contributed by atoms with Crippen LogP contribution in [0, 0.1) is 0 Å². The van der Waals surface area contributed by atoms with Crippen LogP contribution in [-0.4, -0.2) is 78.5 Å². The number of hydrogen-bond donors (Lipinski definition) is 0. The molecule has 6 heteroatoms. The molecule has 27 heavy (non-hydrogen) atoms. The zero-order valence-electron chi connectivity index (χ0n) is 16.0. The second-order valence-electron chi connectivity index (χ2n) is 7.95. The number of carbonyl (C=O) groups is 2. The summed E-state index contributed by atoms with van der Waals surface area (Å²) in [6.07, 6.45) is 3.71. The van der Waals surface area contributed by atoms with Crippen molar-refractivity contribution in [3.8, 4) is 0 Å². The molecular formula is C21H29N3O3. The minimum Gasteiger partial charge on any atom is -0.356 e. The summed E-state index contributed by atoms with van der Waals surface area (Å²) in [6.45, 7) is 3.19. The molecule has 1 aliphatic carbocycles. The maximum Gasteiger partial charge on any atom is 0.254 e. The monoisotopic (exact) mass is 371 g/mol. The number of piperazine rings is 1. The van der Waals surface area contributed by atoms with Gasteiger partial charge in [0, 0.05) is 32.2 Å². The van der Waals surface area contributed by atoms with Gasteiger partial charge < -0.3 is 19.4 Å². The van der Waals surface area contributed by atoms with E-state index in [1.165, 1.54) is 0 Å². The van der Waals surface area contributed by atoms with E-state index in [4.69, 9.17) is 4.74 Å². The van der Waals surface area contributed by atoms with E-state index in [0.717, 1.165) is 44.3 Å². The first-order chi connectivity index (χ1) is 13.1. The Kier molecular flexibility index (Phi) is 5.45. The molecule has 4 rings (SSSR count). The zero-order chi connectivity index (χ0) is 18.8. The summed E-state index contributed by atoms with van der Waals surface area (Å²) in [5.74, 6) is 0.0330. The lowest BCUT2D eigenvalue weighted by Gasteiger charge is -2.45. The van der Waals surface area contributed by atoms with Gasteiger partial charge in [0.15, 0.2) is 6.10 Å². The van der Waals surface area contributed by atoms with Crippen LogP contribution < -0.4 is 0 Å². The van der Waals surface area contributed by atoms with Crippen LogP contribution in [0.5, 0.6) is 0 Å². The smallest absolute Gasteiger partial charge is 0.254 e. The maximum atomic E-state index is 13.4. The molecule has 0 bridgehead atoms. The van der Waals surface area contributed by atoms with E-state index in [1.807, 2.05) is 40.1 Å². The molecule has 2 aliphatic heterocycles. The number of carbonyl (C=O) groups excluding carboxylic acids is 2. The highest BCUT2D eigenvalue weighted by atomic mass is 16.5. The van der Waals surface area contributed by atoms with Crippen molar-refractivity contribution < 1.29 is 14.3 Å². The summed E-state index contributed by atoms with van der Waals surface area (Å²) in [7, 11) is 2.08. The Labute approximate surface area is 161 Å². The normalized spacial score (nSPS) is 28.0. The van der Waals surface area contributed by atoms with Crippen LogP contribution in [0.2, 0.25) is 0 Å². The molecule has 0 radical (unpaired) electrons. The average molecular weight is 371 g/mol. The fourth-order valence-corrected chi connectivity index (χ4v) is 4.64. The molecule has 1 saturated carbocycles. The Morgan fingerprint density at radius 3 is 2.37 bits per heavy atom. The van der Waals surface area contributed by atoms with Crippen molar-refractivity contribution in [1.29, 1.82) is 0 Å². The van der Waals surface area contributed by atoms with Gasteiger partial charge in [0.2, 0.25) is 5.91 Å². The van der Waals surface area contributed by atoms with E-state index in [1.54, 1.807) is 0 Å². The third kappa shape index (κ3) is 3.73. The van der Waals surface area contributed by atoms with E-state index in [9.17, 15) is 9.59 Å². The first-order valence-electron chi connectivity index (χ1n) is 10.1. The first kappa shape index (κ1) is 18.4. The molecule has 2 heterocycles. The molecule has 1 aromatic carbocycles. The summed E-state index contributed by atoms with van der Waals surface area (Å²) in [5, 5.41) is 0. The Bertz CT molecular complexity index is 667. The summed E-state index contributed by atoms with van der Waals surface area (Å²) < 4.78 is 5.89. The Hall–Kier alpha value is -1.92. The maximum absolute atomic E-state index is 13.4. The number of amides is 2. The largest absolute Gasteiger partial charge is 0.356 e. The fourth-order valence-electron chi connectivity index (χ4n) is 4.64. The van der Waals surface area contributed by atoms with Crippen LogP contribution >= 0.6 is 0 Å². The van der Waals surface area contributed by atoms with E-state index in [2.05, 4.69) is 11.9 Å².